The second-order valence-electron chi connectivity index (χ2n) is 7.14. The minimum Gasteiger partial charge on any atom is -0.497 e. The third kappa shape index (κ3) is 6.12. The van der Waals surface area contributed by atoms with Gasteiger partial charge in [0.15, 0.2) is 5.11 Å². The molecule has 0 heterocycles. The lowest BCUT2D eigenvalue weighted by Crippen LogP contribution is -2.35. The zero-order chi connectivity index (χ0) is 22.2. The quantitative estimate of drug-likeness (QED) is 0.376. The van der Waals surface area contributed by atoms with Gasteiger partial charge in [0.2, 0.25) is 0 Å². The SMILES string of the molecule is CCC(c1ccc(OC)cc1)C(NC(=S)Nc1ccc(Cl)cc1)c1ccc(OC)cc1. The number of hydrogen-bond acceptors (Lipinski definition) is 3. The van der Waals surface area contributed by atoms with E-state index in [9.17, 15) is 0 Å². The Balaban J connectivity index is 1.88. The Morgan fingerprint density at radius 2 is 1.35 bits per heavy atom. The van der Waals surface area contributed by atoms with Crippen molar-refractivity contribution in [2.24, 2.45) is 0 Å². The molecule has 0 fully saturated rings. The van der Waals surface area contributed by atoms with Crippen molar-refractivity contribution in [1.29, 1.82) is 0 Å². The highest BCUT2D eigenvalue weighted by molar-refractivity contribution is 7.80. The third-order valence-electron chi connectivity index (χ3n) is 5.25. The van der Waals surface area contributed by atoms with Crippen LogP contribution in [0.2, 0.25) is 5.02 Å². The smallest absolute Gasteiger partial charge is 0.171 e. The second-order valence-corrected chi connectivity index (χ2v) is 7.99. The van der Waals surface area contributed by atoms with E-state index in [-0.39, 0.29) is 12.0 Å². The van der Waals surface area contributed by atoms with E-state index in [1.54, 1.807) is 14.2 Å². The number of benzene rings is 3. The Labute approximate surface area is 194 Å². The van der Waals surface area contributed by atoms with Crippen LogP contribution in [0, 0.1) is 0 Å². The molecule has 3 rings (SSSR count). The number of nitrogens with one attached hydrogen (secondary N) is 2. The molecule has 0 aromatic heterocycles. The topological polar surface area (TPSA) is 42.5 Å². The van der Waals surface area contributed by atoms with Crippen LogP contribution in [0.3, 0.4) is 0 Å². The summed E-state index contributed by atoms with van der Waals surface area (Å²) in [6.07, 6.45) is 0.930. The largest absolute Gasteiger partial charge is 0.497 e. The molecule has 0 aliphatic rings. The van der Waals surface area contributed by atoms with E-state index in [0.29, 0.717) is 10.1 Å². The monoisotopic (exact) mass is 454 g/mol. The van der Waals surface area contributed by atoms with Gasteiger partial charge >= 0.3 is 0 Å². The molecule has 0 aliphatic carbocycles. The number of anilines is 1. The molecule has 4 nitrogen and oxygen atoms in total. The van der Waals surface area contributed by atoms with Gasteiger partial charge in [-0.25, -0.2) is 0 Å². The van der Waals surface area contributed by atoms with Crippen LogP contribution in [0.15, 0.2) is 72.8 Å². The van der Waals surface area contributed by atoms with Gasteiger partial charge in [-0.1, -0.05) is 42.8 Å². The number of methoxy groups -OCH3 is 2. The first-order valence-electron chi connectivity index (χ1n) is 10.1. The van der Waals surface area contributed by atoms with Crippen LogP contribution in [0.1, 0.15) is 36.4 Å². The van der Waals surface area contributed by atoms with E-state index in [0.717, 1.165) is 29.2 Å². The first-order chi connectivity index (χ1) is 15.0. The summed E-state index contributed by atoms with van der Waals surface area (Å²) in [5.41, 5.74) is 3.22. The summed E-state index contributed by atoms with van der Waals surface area (Å²) in [5, 5.41) is 8.02. The van der Waals surface area contributed by atoms with E-state index in [2.05, 4.69) is 41.8 Å². The molecular weight excluding hydrogens is 428 g/mol. The van der Waals surface area contributed by atoms with E-state index < -0.39 is 0 Å². The number of rotatable bonds is 8. The van der Waals surface area contributed by atoms with Gasteiger partial charge < -0.3 is 20.1 Å². The first-order valence-corrected chi connectivity index (χ1v) is 10.9. The average molecular weight is 455 g/mol. The first kappa shape index (κ1) is 22.9. The highest BCUT2D eigenvalue weighted by atomic mass is 35.5. The molecule has 3 aromatic carbocycles. The van der Waals surface area contributed by atoms with Crippen molar-refractivity contribution in [3.05, 3.63) is 88.9 Å². The summed E-state index contributed by atoms with van der Waals surface area (Å²) in [7, 11) is 3.34. The normalized spacial score (nSPS) is 12.5. The summed E-state index contributed by atoms with van der Waals surface area (Å²) < 4.78 is 10.7. The maximum Gasteiger partial charge on any atom is 0.171 e. The van der Waals surface area contributed by atoms with Crippen LogP contribution >= 0.6 is 23.8 Å². The van der Waals surface area contributed by atoms with Gasteiger partial charge in [0.1, 0.15) is 11.5 Å². The highest BCUT2D eigenvalue weighted by Crippen LogP contribution is 2.35. The van der Waals surface area contributed by atoms with Crippen LogP contribution in [-0.4, -0.2) is 19.3 Å². The third-order valence-corrected chi connectivity index (χ3v) is 5.72. The number of halogens is 1. The fraction of sp³-hybridized carbons (Fsp3) is 0.240. The Bertz CT molecular complexity index is 976. The molecule has 2 N–H and O–H groups in total. The van der Waals surface area contributed by atoms with Crippen molar-refractivity contribution in [3.63, 3.8) is 0 Å². The molecule has 0 saturated carbocycles. The second kappa shape index (κ2) is 11.0. The molecule has 0 amide bonds. The Morgan fingerprint density at radius 3 is 1.84 bits per heavy atom. The van der Waals surface area contributed by atoms with E-state index in [1.807, 2.05) is 48.5 Å². The Kier molecular flexibility index (Phi) is 8.15. The van der Waals surface area contributed by atoms with Crippen molar-refractivity contribution in [1.82, 2.24) is 5.32 Å². The van der Waals surface area contributed by atoms with Crippen molar-refractivity contribution < 1.29 is 9.47 Å². The maximum atomic E-state index is 5.99. The predicted octanol–water partition coefficient (Wildman–Crippen LogP) is 6.58. The van der Waals surface area contributed by atoms with Gasteiger partial charge in [0.05, 0.1) is 20.3 Å². The molecule has 0 saturated heterocycles. The van der Waals surface area contributed by atoms with Gasteiger partial charge in [-0.05, 0) is 78.3 Å². The van der Waals surface area contributed by atoms with Crippen molar-refractivity contribution in [2.45, 2.75) is 25.3 Å². The highest BCUT2D eigenvalue weighted by Gasteiger charge is 2.24. The summed E-state index contributed by atoms with van der Waals surface area (Å²) >= 11 is 11.6. The van der Waals surface area contributed by atoms with Crippen molar-refractivity contribution in [3.8, 4) is 11.5 Å². The minimum absolute atomic E-state index is 0.0309. The molecule has 0 aliphatic heterocycles. The molecule has 0 radical (unpaired) electrons. The van der Waals surface area contributed by atoms with Gasteiger partial charge in [0, 0.05) is 16.6 Å². The summed E-state index contributed by atoms with van der Waals surface area (Å²) in [6.45, 7) is 2.18. The van der Waals surface area contributed by atoms with E-state index in [4.69, 9.17) is 33.3 Å². The number of thiocarbonyl (C=S) groups is 1. The molecule has 3 aromatic rings. The fourth-order valence-electron chi connectivity index (χ4n) is 3.58. The molecule has 6 heteroatoms. The van der Waals surface area contributed by atoms with Crippen LogP contribution in [-0.2, 0) is 0 Å². The summed E-state index contributed by atoms with van der Waals surface area (Å²) in [4.78, 5) is 0. The summed E-state index contributed by atoms with van der Waals surface area (Å²) in [6, 6.07) is 23.7. The molecule has 0 spiro atoms. The average Bonchev–Trinajstić information content (AvgIpc) is 2.81. The van der Waals surface area contributed by atoms with Crippen LogP contribution < -0.4 is 20.1 Å². The van der Waals surface area contributed by atoms with Crippen LogP contribution in [0.5, 0.6) is 11.5 Å². The lowest BCUT2D eigenvalue weighted by molar-refractivity contribution is 0.413. The van der Waals surface area contributed by atoms with Crippen molar-refractivity contribution >= 4 is 34.6 Å². The van der Waals surface area contributed by atoms with E-state index in [1.165, 1.54) is 5.56 Å². The van der Waals surface area contributed by atoms with Gasteiger partial charge in [-0.3, -0.25) is 0 Å². The zero-order valence-electron chi connectivity index (χ0n) is 17.9. The molecule has 31 heavy (non-hydrogen) atoms. The lowest BCUT2D eigenvalue weighted by atomic mass is 9.85. The molecular formula is C25H27ClN2O2S. The standard InChI is InChI=1S/C25H27ClN2O2S/c1-4-23(17-5-13-21(29-2)14-6-17)24(18-7-15-22(30-3)16-8-18)28-25(31)27-20-11-9-19(26)10-12-20/h5-16,23-24H,4H2,1-3H3,(H2,27,28,31). The van der Waals surface area contributed by atoms with Gasteiger partial charge in [0.25, 0.3) is 0 Å². The molecule has 162 valence electrons. The molecule has 2 atom stereocenters. The maximum absolute atomic E-state index is 5.99. The lowest BCUT2D eigenvalue weighted by Gasteiger charge is -2.30. The van der Waals surface area contributed by atoms with Gasteiger partial charge in [-0.15, -0.1) is 0 Å². The number of ether oxygens (including phenoxy) is 2. The number of hydrogen-bond donors (Lipinski definition) is 2. The van der Waals surface area contributed by atoms with Gasteiger partial charge in [-0.2, -0.15) is 0 Å². The summed E-state index contributed by atoms with van der Waals surface area (Å²) in [5.74, 6) is 1.86. The van der Waals surface area contributed by atoms with Crippen LogP contribution in [0.4, 0.5) is 5.69 Å². The Hall–Kier alpha value is -2.76. The predicted molar refractivity (Wildman–Crippen MR) is 133 cm³/mol. The molecule has 2 unspecified atom stereocenters. The van der Waals surface area contributed by atoms with Crippen LogP contribution in [0.25, 0.3) is 0 Å². The van der Waals surface area contributed by atoms with E-state index >= 15 is 0 Å². The molecule has 0 bridgehead atoms. The fourth-order valence-corrected chi connectivity index (χ4v) is 3.95. The Morgan fingerprint density at radius 1 is 0.839 bits per heavy atom. The zero-order valence-corrected chi connectivity index (χ0v) is 19.5. The van der Waals surface area contributed by atoms with Crippen molar-refractivity contribution in [2.75, 3.05) is 19.5 Å². The minimum atomic E-state index is -0.0309.